The minimum Gasteiger partial charge on any atom is -0.448 e. The summed E-state index contributed by atoms with van der Waals surface area (Å²) in [6.45, 7) is -0.201. The highest BCUT2D eigenvalue weighted by molar-refractivity contribution is 9.10. The molecule has 1 heterocycles. The third kappa shape index (κ3) is 2.61. The summed E-state index contributed by atoms with van der Waals surface area (Å²) >= 11 is 2.13. The van der Waals surface area contributed by atoms with E-state index in [1.165, 1.54) is 0 Å². The fraction of sp³-hybridized carbons (Fsp3) is 0.800. The van der Waals surface area contributed by atoms with E-state index in [9.17, 15) is 13.6 Å². The molecular weight excluding hydrogens is 224 g/mol. The number of halogens is 3. The highest BCUT2D eigenvalue weighted by Gasteiger charge is 2.33. The quantitative estimate of drug-likeness (QED) is 0.671. The molecule has 1 rings (SSSR count). The van der Waals surface area contributed by atoms with Gasteiger partial charge in [0.15, 0.2) is 0 Å². The molecule has 0 radical (unpaired) electrons. The van der Waals surface area contributed by atoms with E-state index in [2.05, 4.69) is 20.7 Å². The van der Waals surface area contributed by atoms with Crippen molar-refractivity contribution in [3.8, 4) is 0 Å². The Morgan fingerprint density at radius 2 is 2.36 bits per heavy atom. The lowest BCUT2D eigenvalue weighted by atomic mass is 10.5. The van der Waals surface area contributed by atoms with E-state index in [-0.39, 0.29) is 13.2 Å². The molecule has 0 aromatic rings. The fourth-order valence-electron chi connectivity index (χ4n) is 0.786. The van der Waals surface area contributed by atoms with Crippen molar-refractivity contribution in [2.75, 3.05) is 19.7 Å². The van der Waals surface area contributed by atoms with Gasteiger partial charge in [-0.05, 0) is 15.9 Å². The summed E-state index contributed by atoms with van der Waals surface area (Å²) in [4.78, 5) is 8.54. The summed E-state index contributed by atoms with van der Waals surface area (Å²) in [5, 5.41) is 0. The first kappa shape index (κ1) is 8.70. The lowest BCUT2D eigenvalue weighted by Crippen LogP contribution is -2.33. The topological polar surface area (TPSA) is 29.5 Å². The van der Waals surface area contributed by atoms with E-state index in [1.54, 1.807) is 0 Å². The largest absolute Gasteiger partial charge is 0.448 e. The third-order valence-electron chi connectivity index (χ3n) is 1.22. The lowest BCUT2D eigenvalue weighted by Gasteiger charge is -2.15. The Labute approximate surface area is 70.4 Å². The van der Waals surface area contributed by atoms with Gasteiger partial charge in [0.2, 0.25) is 0 Å². The maximum atomic E-state index is 12.2. The van der Waals surface area contributed by atoms with Gasteiger partial charge in [-0.2, -0.15) is 8.78 Å². The first-order chi connectivity index (χ1) is 4.99. The van der Waals surface area contributed by atoms with E-state index in [0.29, 0.717) is 0 Å². The Bertz CT molecular complexity index is 170. The van der Waals surface area contributed by atoms with E-state index in [1.807, 2.05) is 0 Å². The highest BCUT2D eigenvalue weighted by Crippen LogP contribution is 2.23. The van der Waals surface area contributed by atoms with Gasteiger partial charge in [-0.3, -0.25) is 4.90 Å². The second-order valence-corrected chi connectivity index (χ2v) is 3.31. The van der Waals surface area contributed by atoms with E-state index in [0.717, 1.165) is 4.90 Å². The van der Waals surface area contributed by atoms with Crippen LogP contribution in [0.2, 0.25) is 0 Å². The van der Waals surface area contributed by atoms with Crippen LogP contribution in [0.25, 0.3) is 0 Å². The molecule has 1 aliphatic heterocycles. The zero-order valence-corrected chi connectivity index (χ0v) is 7.10. The van der Waals surface area contributed by atoms with Gasteiger partial charge in [-0.25, -0.2) is 4.79 Å². The summed E-state index contributed by atoms with van der Waals surface area (Å²) in [6, 6.07) is 0. The predicted octanol–water partition coefficient (Wildman–Crippen LogP) is 1.43. The van der Waals surface area contributed by atoms with Crippen molar-refractivity contribution in [3.63, 3.8) is 0 Å². The number of nitrogens with zero attached hydrogens (tertiary/aromatic N) is 1. The lowest BCUT2D eigenvalue weighted by molar-refractivity contribution is 0.0750. The van der Waals surface area contributed by atoms with Gasteiger partial charge < -0.3 is 4.74 Å². The van der Waals surface area contributed by atoms with Crippen molar-refractivity contribution >= 4 is 22.0 Å². The number of ether oxygens (including phenoxy) is 1. The van der Waals surface area contributed by atoms with Crippen LogP contribution in [-0.2, 0) is 4.74 Å². The zero-order valence-electron chi connectivity index (χ0n) is 5.52. The molecule has 64 valence electrons. The molecule has 1 saturated heterocycles. The van der Waals surface area contributed by atoms with Gasteiger partial charge in [0.05, 0.1) is 13.1 Å². The van der Waals surface area contributed by atoms with Gasteiger partial charge in [0, 0.05) is 0 Å². The number of rotatable bonds is 2. The molecule has 0 unspecified atom stereocenters. The standard InChI is InChI=1S/C5H6BrF2NO2/c6-5(7,8)3-9-1-2-11-4(9)10/h1-3H2. The molecule has 0 aliphatic carbocycles. The molecule has 0 aromatic carbocycles. The monoisotopic (exact) mass is 229 g/mol. The zero-order chi connectivity index (χ0) is 8.48. The summed E-state index contributed by atoms with van der Waals surface area (Å²) in [6.07, 6.45) is -0.677. The maximum absolute atomic E-state index is 12.2. The van der Waals surface area contributed by atoms with Gasteiger partial charge in [0.25, 0.3) is 0 Å². The van der Waals surface area contributed by atoms with Crippen molar-refractivity contribution in [1.82, 2.24) is 4.90 Å². The molecule has 0 aromatic heterocycles. The Morgan fingerprint density at radius 3 is 2.73 bits per heavy atom. The second-order valence-electron chi connectivity index (χ2n) is 2.15. The molecule has 0 atom stereocenters. The van der Waals surface area contributed by atoms with Crippen LogP contribution in [0.1, 0.15) is 0 Å². The Morgan fingerprint density at radius 1 is 1.73 bits per heavy atom. The predicted molar refractivity (Wildman–Crippen MR) is 36.8 cm³/mol. The van der Waals surface area contributed by atoms with Crippen molar-refractivity contribution in [2.24, 2.45) is 0 Å². The van der Waals surface area contributed by atoms with Crippen molar-refractivity contribution in [2.45, 2.75) is 4.83 Å². The smallest absolute Gasteiger partial charge is 0.410 e. The number of cyclic esters (lactones) is 1. The van der Waals surface area contributed by atoms with Crippen LogP contribution >= 0.6 is 15.9 Å². The molecule has 0 bridgehead atoms. The SMILES string of the molecule is O=C1OCCN1CC(F)(F)Br. The third-order valence-corrected chi connectivity index (χ3v) is 1.47. The van der Waals surface area contributed by atoms with Gasteiger partial charge in [0.1, 0.15) is 6.61 Å². The average Bonchev–Trinajstić information content (AvgIpc) is 2.12. The molecule has 6 heteroatoms. The first-order valence-corrected chi connectivity index (χ1v) is 3.77. The molecule has 3 nitrogen and oxygen atoms in total. The van der Waals surface area contributed by atoms with Crippen LogP contribution in [0.15, 0.2) is 0 Å². The molecular formula is C5H6BrF2NO2. The summed E-state index contributed by atoms with van der Waals surface area (Å²) in [5.41, 5.74) is 0. The van der Waals surface area contributed by atoms with Crippen molar-refractivity contribution < 1.29 is 18.3 Å². The van der Waals surface area contributed by atoms with Gasteiger partial charge in [-0.15, -0.1) is 0 Å². The average molecular weight is 230 g/mol. The Hall–Kier alpha value is -0.390. The minimum absolute atomic E-state index is 0.196. The van der Waals surface area contributed by atoms with Crippen LogP contribution in [0.4, 0.5) is 13.6 Å². The molecule has 0 spiro atoms. The van der Waals surface area contributed by atoms with Crippen LogP contribution in [0.5, 0.6) is 0 Å². The summed E-state index contributed by atoms with van der Waals surface area (Å²) < 4.78 is 28.9. The van der Waals surface area contributed by atoms with Gasteiger partial charge >= 0.3 is 10.9 Å². The number of carbonyl (C=O) groups is 1. The number of carbonyl (C=O) groups excluding carboxylic acids is 1. The summed E-state index contributed by atoms with van der Waals surface area (Å²) in [7, 11) is 0. The Balaban J connectivity index is 2.43. The second kappa shape index (κ2) is 2.92. The van der Waals surface area contributed by atoms with Crippen LogP contribution < -0.4 is 0 Å². The molecule has 1 amide bonds. The number of hydrogen-bond acceptors (Lipinski definition) is 2. The van der Waals surface area contributed by atoms with Gasteiger partial charge in [-0.1, -0.05) is 0 Å². The fourth-order valence-corrected chi connectivity index (χ4v) is 1.09. The molecule has 0 N–H and O–H groups in total. The maximum Gasteiger partial charge on any atom is 0.410 e. The normalized spacial score (nSPS) is 18.8. The van der Waals surface area contributed by atoms with Crippen LogP contribution in [0, 0.1) is 0 Å². The van der Waals surface area contributed by atoms with Crippen LogP contribution in [0.3, 0.4) is 0 Å². The van der Waals surface area contributed by atoms with Crippen LogP contribution in [-0.4, -0.2) is 35.5 Å². The molecule has 0 saturated carbocycles. The number of alkyl halides is 3. The van der Waals surface area contributed by atoms with Crippen molar-refractivity contribution in [3.05, 3.63) is 0 Å². The van der Waals surface area contributed by atoms with E-state index < -0.39 is 17.5 Å². The minimum atomic E-state index is -3.02. The first-order valence-electron chi connectivity index (χ1n) is 2.97. The highest BCUT2D eigenvalue weighted by atomic mass is 79.9. The molecule has 11 heavy (non-hydrogen) atoms. The van der Waals surface area contributed by atoms with E-state index in [4.69, 9.17) is 0 Å². The van der Waals surface area contributed by atoms with E-state index >= 15 is 0 Å². The number of hydrogen-bond donors (Lipinski definition) is 0. The summed E-state index contributed by atoms with van der Waals surface area (Å²) in [5.74, 6) is 0. The molecule has 1 aliphatic rings. The Kier molecular flexibility index (Phi) is 2.31. The number of amides is 1. The van der Waals surface area contributed by atoms with Crippen molar-refractivity contribution in [1.29, 1.82) is 0 Å². The molecule has 1 fully saturated rings.